The number of ether oxygens (including phenoxy) is 2. The van der Waals surface area contributed by atoms with Gasteiger partial charge >= 0.3 is 5.97 Å². The fourth-order valence-electron chi connectivity index (χ4n) is 1.91. The molecule has 2 rings (SSSR count). The summed E-state index contributed by atoms with van der Waals surface area (Å²) in [5.74, 6) is -1.15. The first kappa shape index (κ1) is 15.0. The van der Waals surface area contributed by atoms with E-state index >= 15 is 0 Å². The number of carbonyl (C=O) groups excluding carboxylic acids is 3. The first-order valence-corrected chi connectivity index (χ1v) is 6.40. The molecule has 8 nitrogen and oxygen atoms in total. The number of hydrogen-bond donors (Lipinski definition) is 1. The van der Waals surface area contributed by atoms with Crippen LogP contribution in [0.3, 0.4) is 0 Å². The first-order chi connectivity index (χ1) is 10.1. The molecule has 1 aliphatic rings. The summed E-state index contributed by atoms with van der Waals surface area (Å²) in [7, 11) is 1.26. The van der Waals surface area contributed by atoms with Crippen molar-refractivity contribution in [3.05, 3.63) is 24.2 Å². The molecule has 1 aliphatic heterocycles. The lowest BCUT2D eigenvalue weighted by Crippen LogP contribution is -2.51. The third-order valence-electron chi connectivity index (χ3n) is 3.03. The molecule has 2 heterocycles. The average Bonchev–Trinajstić information content (AvgIpc) is 3.06. The summed E-state index contributed by atoms with van der Waals surface area (Å²) in [6.45, 7) is 0.552. The van der Waals surface area contributed by atoms with Crippen LogP contribution in [0.4, 0.5) is 0 Å². The maximum absolute atomic E-state index is 12.0. The van der Waals surface area contributed by atoms with Crippen LogP contribution in [0, 0.1) is 0 Å². The number of nitrogens with one attached hydrogen (secondary N) is 1. The summed E-state index contributed by atoms with van der Waals surface area (Å²) in [4.78, 5) is 36.5. The van der Waals surface area contributed by atoms with Crippen LogP contribution in [0.1, 0.15) is 10.6 Å². The van der Waals surface area contributed by atoms with E-state index in [0.717, 1.165) is 0 Å². The molecule has 2 amide bonds. The molecule has 1 atom stereocenters. The Kier molecular flexibility index (Phi) is 4.94. The summed E-state index contributed by atoms with van der Waals surface area (Å²) in [5, 5.41) is 2.46. The van der Waals surface area contributed by atoms with Gasteiger partial charge in [0.05, 0.1) is 33.1 Å². The minimum absolute atomic E-state index is 0.113. The van der Waals surface area contributed by atoms with Crippen LogP contribution < -0.4 is 5.32 Å². The Morgan fingerprint density at radius 2 is 2.29 bits per heavy atom. The zero-order valence-electron chi connectivity index (χ0n) is 11.5. The third-order valence-corrected chi connectivity index (χ3v) is 3.03. The van der Waals surface area contributed by atoms with Gasteiger partial charge < -0.3 is 24.1 Å². The van der Waals surface area contributed by atoms with Gasteiger partial charge in [-0.15, -0.1) is 0 Å². The molecule has 0 aliphatic carbocycles. The molecule has 1 aromatic heterocycles. The number of methoxy groups -OCH3 is 1. The second-order valence-corrected chi connectivity index (χ2v) is 4.38. The highest BCUT2D eigenvalue weighted by Crippen LogP contribution is 2.07. The average molecular weight is 296 g/mol. The molecule has 114 valence electrons. The van der Waals surface area contributed by atoms with E-state index in [0.29, 0.717) is 6.54 Å². The Morgan fingerprint density at radius 3 is 2.95 bits per heavy atom. The second-order valence-electron chi connectivity index (χ2n) is 4.38. The topological polar surface area (TPSA) is 98.1 Å². The van der Waals surface area contributed by atoms with Crippen molar-refractivity contribution in [3.8, 4) is 0 Å². The molecule has 1 N–H and O–H groups in total. The SMILES string of the molecule is COC(=O)C1CN(C(=O)CNC(=O)c2ccco2)CCO1. The highest BCUT2D eigenvalue weighted by atomic mass is 16.6. The van der Waals surface area contributed by atoms with E-state index in [1.165, 1.54) is 24.3 Å². The van der Waals surface area contributed by atoms with Gasteiger partial charge in [-0.2, -0.15) is 0 Å². The summed E-state index contributed by atoms with van der Waals surface area (Å²) >= 11 is 0. The molecule has 0 aromatic carbocycles. The fraction of sp³-hybridized carbons (Fsp3) is 0.462. The lowest BCUT2D eigenvalue weighted by Gasteiger charge is -2.31. The van der Waals surface area contributed by atoms with Gasteiger partial charge in [0.1, 0.15) is 0 Å². The molecule has 1 unspecified atom stereocenters. The van der Waals surface area contributed by atoms with Gasteiger partial charge in [0.2, 0.25) is 5.91 Å². The minimum atomic E-state index is -0.784. The van der Waals surface area contributed by atoms with E-state index in [4.69, 9.17) is 9.15 Å². The summed E-state index contributed by atoms with van der Waals surface area (Å²) < 4.78 is 14.7. The second kappa shape index (κ2) is 6.89. The van der Waals surface area contributed by atoms with Crippen molar-refractivity contribution in [2.45, 2.75) is 6.10 Å². The van der Waals surface area contributed by atoms with Crippen LogP contribution in [0.15, 0.2) is 22.8 Å². The van der Waals surface area contributed by atoms with E-state index in [1.54, 1.807) is 6.07 Å². The van der Waals surface area contributed by atoms with Crippen molar-refractivity contribution in [1.29, 1.82) is 0 Å². The van der Waals surface area contributed by atoms with Crippen molar-refractivity contribution in [2.75, 3.05) is 33.4 Å². The predicted octanol–water partition coefficient (Wildman–Crippen LogP) is -0.590. The van der Waals surface area contributed by atoms with Gasteiger partial charge in [-0.05, 0) is 12.1 Å². The van der Waals surface area contributed by atoms with Crippen molar-refractivity contribution >= 4 is 17.8 Å². The Hall–Kier alpha value is -2.35. The van der Waals surface area contributed by atoms with Crippen LogP contribution in [-0.2, 0) is 19.1 Å². The van der Waals surface area contributed by atoms with E-state index in [9.17, 15) is 14.4 Å². The van der Waals surface area contributed by atoms with E-state index in [1.807, 2.05) is 0 Å². The van der Waals surface area contributed by atoms with Gasteiger partial charge in [0.25, 0.3) is 5.91 Å². The lowest BCUT2D eigenvalue weighted by atomic mass is 10.2. The Labute approximate surface area is 121 Å². The molecule has 8 heteroatoms. The summed E-state index contributed by atoms with van der Waals surface area (Å²) in [5.41, 5.74) is 0. The van der Waals surface area contributed by atoms with Gasteiger partial charge in [-0.1, -0.05) is 0 Å². The number of morpholine rings is 1. The number of furan rings is 1. The first-order valence-electron chi connectivity index (χ1n) is 6.40. The van der Waals surface area contributed by atoms with Crippen LogP contribution in [0.5, 0.6) is 0 Å². The summed E-state index contributed by atoms with van der Waals surface area (Å²) in [6.07, 6.45) is 0.591. The molecule has 0 bridgehead atoms. The Bertz CT molecular complexity index is 513. The number of hydrogen-bond acceptors (Lipinski definition) is 6. The van der Waals surface area contributed by atoms with Crippen molar-refractivity contribution in [1.82, 2.24) is 10.2 Å². The maximum atomic E-state index is 12.0. The lowest BCUT2D eigenvalue weighted by molar-refractivity contribution is -0.162. The number of nitrogens with zero attached hydrogens (tertiary/aromatic N) is 1. The number of rotatable bonds is 4. The largest absolute Gasteiger partial charge is 0.467 e. The minimum Gasteiger partial charge on any atom is -0.467 e. The molecule has 1 saturated heterocycles. The highest BCUT2D eigenvalue weighted by Gasteiger charge is 2.29. The van der Waals surface area contributed by atoms with Gasteiger partial charge in [0, 0.05) is 6.54 Å². The molecule has 21 heavy (non-hydrogen) atoms. The zero-order chi connectivity index (χ0) is 15.2. The van der Waals surface area contributed by atoms with Crippen molar-refractivity contribution in [2.24, 2.45) is 0 Å². The number of amides is 2. The van der Waals surface area contributed by atoms with E-state index < -0.39 is 18.0 Å². The highest BCUT2D eigenvalue weighted by molar-refractivity contribution is 5.94. The van der Waals surface area contributed by atoms with Crippen molar-refractivity contribution in [3.63, 3.8) is 0 Å². The normalized spacial score (nSPS) is 18.1. The van der Waals surface area contributed by atoms with Gasteiger partial charge in [-0.3, -0.25) is 9.59 Å². The standard InChI is InChI=1S/C13H16N2O6/c1-19-13(18)10-8-15(4-6-21-10)11(16)7-14-12(17)9-3-2-5-20-9/h2-3,5,10H,4,6-8H2,1H3,(H,14,17). The predicted molar refractivity (Wildman–Crippen MR) is 69.4 cm³/mol. The van der Waals surface area contributed by atoms with Crippen LogP contribution in [0.25, 0.3) is 0 Å². The monoisotopic (exact) mass is 296 g/mol. The molecule has 0 spiro atoms. The van der Waals surface area contributed by atoms with E-state index in [2.05, 4.69) is 10.1 Å². The number of esters is 1. The molecular formula is C13H16N2O6. The Balaban J connectivity index is 1.82. The van der Waals surface area contributed by atoms with E-state index in [-0.39, 0.29) is 31.4 Å². The van der Waals surface area contributed by atoms with Crippen molar-refractivity contribution < 1.29 is 28.3 Å². The Morgan fingerprint density at radius 1 is 1.48 bits per heavy atom. The molecule has 1 fully saturated rings. The quantitative estimate of drug-likeness (QED) is 0.746. The number of carbonyl (C=O) groups is 3. The van der Waals surface area contributed by atoms with Gasteiger partial charge in [0.15, 0.2) is 11.9 Å². The van der Waals surface area contributed by atoms with Crippen LogP contribution >= 0.6 is 0 Å². The summed E-state index contributed by atoms with van der Waals surface area (Å²) in [6, 6.07) is 3.08. The maximum Gasteiger partial charge on any atom is 0.336 e. The smallest absolute Gasteiger partial charge is 0.336 e. The molecule has 1 aromatic rings. The van der Waals surface area contributed by atoms with Gasteiger partial charge in [-0.25, -0.2) is 4.79 Å². The molecular weight excluding hydrogens is 280 g/mol. The molecule has 0 saturated carbocycles. The fourth-order valence-corrected chi connectivity index (χ4v) is 1.91. The van der Waals surface area contributed by atoms with Crippen LogP contribution in [-0.4, -0.2) is 62.1 Å². The third kappa shape index (κ3) is 3.82. The van der Waals surface area contributed by atoms with Crippen LogP contribution in [0.2, 0.25) is 0 Å². The zero-order valence-corrected chi connectivity index (χ0v) is 11.5. The molecule has 0 radical (unpaired) electrons.